The summed E-state index contributed by atoms with van der Waals surface area (Å²) >= 11 is 6.02. The molecular formula is C32H31ClFN3O6S. The zero-order valence-electron chi connectivity index (χ0n) is 24.0. The van der Waals surface area contributed by atoms with Crippen molar-refractivity contribution in [3.63, 3.8) is 0 Å². The quantitative estimate of drug-likeness (QED) is 0.203. The lowest BCUT2D eigenvalue weighted by molar-refractivity contribution is -0.142. The first-order chi connectivity index (χ1) is 21.1. The lowest BCUT2D eigenvalue weighted by atomic mass is 10.1. The molecule has 0 aliphatic carbocycles. The molecule has 0 spiro atoms. The molecule has 44 heavy (non-hydrogen) atoms. The molecule has 0 aromatic heterocycles. The van der Waals surface area contributed by atoms with Gasteiger partial charge in [-0.25, -0.2) is 12.8 Å². The third-order valence-electron chi connectivity index (χ3n) is 6.67. The molecule has 4 rings (SSSR count). The van der Waals surface area contributed by atoms with Gasteiger partial charge in [-0.3, -0.25) is 14.3 Å². The maximum atomic E-state index is 13.4. The normalized spacial score (nSPS) is 11.7. The van der Waals surface area contributed by atoms with Crippen LogP contribution in [-0.2, 0) is 32.7 Å². The van der Waals surface area contributed by atoms with Crippen LogP contribution < -0.4 is 19.5 Å². The van der Waals surface area contributed by atoms with Gasteiger partial charge in [0.05, 0.1) is 12.0 Å². The van der Waals surface area contributed by atoms with Crippen molar-refractivity contribution in [2.75, 3.05) is 18.4 Å². The molecule has 0 fully saturated rings. The van der Waals surface area contributed by atoms with Gasteiger partial charge in [0.2, 0.25) is 5.91 Å². The molecule has 9 nitrogen and oxygen atoms in total. The molecule has 2 amide bonds. The Morgan fingerprint density at radius 2 is 1.59 bits per heavy atom. The van der Waals surface area contributed by atoms with Crippen LogP contribution in [0.15, 0.2) is 102 Å². The third-order valence-corrected chi connectivity index (χ3v) is 8.32. The second-order valence-electron chi connectivity index (χ2n) is 9.73. The van der Waals surface area contributed by atoms with E-state index in [1.54, 1.807) is 44.4 Å². The number of anilines is 1. The van der Waals surface area contributed by atoms with Crippen LogP contribution in [0.2, 0.25) is 5.02 Å². The molecule has 0 bridgehead atoms. The number of nitrogens with one attached hydrogen (secondary N) is 2. The largest absolute Gasteiger partial charge is 0.496 e. The van der Waals surface area contributed by atoms with Gasteiger partial charge in [-0.05, 0) is 79.2 Å². The van der Waals surface area contributed by atoms with E-state index in [0.717, 1.165) is 23.3 Å². The summed E-state index contributed by atoms with van der Waals surface area (Å²) in [5.74, 6) is -0.443. The number of amides is 2. The number of rotatable bonds is 13. The summed E-state index contributed by atoms with van der Waals surface area (Å²) in [7, 11) is -2.39. The SMILES string of the molecule is COc1ccccc1CNC(=O)[C@@H](C)N(Cc1ccc(Cl)cc1)C(=O)COc1ccc(S(=O)(=O)Nc2ccc(F)cc2)cc1. The number of para-hydroxylation sites is 1. The van der Waals surface area contributed by atoms with E-state index in [1.165, 1.54) is 41.3 Å². The average molecular weight is 640 g/mol. The van der Waals surface area contributed by atoms with Gasteiger partial charge >= 0.3 is 0 Å². The first kappa shape index (κ1) is 32.3. The van der Waals surface area contributed by atoms with Gasteiger partial charge in [0.15, 0.2) is 6.61 Å². The monoisotopic (exact) mass is 639 g/mol. The fourth-order valence-corrected chi connectivity index (χ4v) is 5.41. The summed E-state index contributed by atoms with van der Waals surface area (Å²) in [6, 6.07) is 23.8. The summed E-state index contributed by atoms with van der Waals surface area (Å²) in [5.41, 5.74) is 1.75. The van der Waals surface area contributed by atoms with Gasteiger partial charge in [-0.1, -0.05) is 41.9 Å². The van der Waals surface area contributed by atoms with Gasteiger partial charge in [0, 0.05) is 29.4 Å². The van der Waals surface area contributed by atoms with Gasteiger partial charge in [-0.2, -0.15) is 0 Å². The van der Waals surface area contributed by atoms with Crippen LogP contribution >= 0.6 is 11.6 Å². The van der Waals surface area contributed by atoms with E-state index in [0.29, 0.717) is 10.8 Å². The molecule has 4 aromatic carbocycles. The summed E-state index contributed by atoms with van der Waals surface area (Å²) in [4.78, 5) is 27.9. The minimum atomic E-state index is -3.94. The number of methoxy groups -OCH3 is 1. The van der Waals surface area contributed by atoms with E-state index in [2.05, 4.69) is 10.0 Å². The Morgan fingerprint density at radius 1 is 0.932 bits per heavy atom. The predicted octanol–water partition coefficient (Wildman–Crippen LogP) is 5.40. The molecule has 12 heteroatoms. The van der Waals surface area contributed by atoms with E-state index in [1.807, 2.05) is 18.2 Å². The second kappa shape index (κ2) is 14.7. The molecule has 2 N–H and O–H groups in total. The molecule has 0 radical (unpaired) electrons. The van der Waals surface area contributed by atoms with E-state index in [4.69, 9.17) is 21.1 Å². The van der Waals surface area contributed by atoms with Gasteiger partial charge < -0.3 is 19.7 Å². The molecular weight excluding hydrogens is 609 g/mol. The summed E-state index contributed by atoms with van der Waals surface area (Å²) < 4.78 is 52.0. The molecule has 0 heterocycles. The molecule has 0 saturated heterocycles. The number of benzene rings is 4. The predicted molar refractivity (Wildman–Crippen MR) is 165 cm³/mol. The van der Waals surface area contributed by atoms with Crippen LogP contribution in [0, 0.1) is 5.82 Å². The van der Waals surface area contributed by atoms with E-state index in [-0.39, 0.29) is 35.3 Å². The highest BCUT2D eigenvalue weighted by molar-refractivity contribution is 7.92. The zero-order chi connectivity index (χ0) is 31.7. The highest BCUT2D eigenvalue weighted by Crippen LogP contribution is 2.21. The third kappa shape index (κ3) is 8.71. The van der Waals surface area contributed by atoms with Crippen LogP contribution in [0.25, 0.3) is 0 Å². The Hall–Kier alpha value is -4.61. The molecule has 230 valence electrons. The Bertz CT molecular complexity index is 1680. The fraction of sp³-hybridized carbons (Fsp3) is 0.188. The lowest BCUT2D eigenvalue weighted by Crippen LogP contribution is -2.48. The molecule has 4 aromatic rings. The summed E-state index contributed by atoms with van der Waals surface area (Å²) in [5, 5.41) is 3.40. The molecule has 0 aliphatic heterocycles. The van der Waals surface area contributed by atoms with Crippen molar-refractivity contribution in [3.05, 3.63) is 119 Å². The summed E-state index contributed by atoms with van der Waals surface area (Å²) in [6.07, 6.45) is 0. The maximum Gasteiger partial charge on any atom is 0.261 e. The number of nitrogens with zero attached hydrogens (tertiary/aromatic N) is 1. The Kier molecular flexibility index (Phi) is 10.8. The highest BCUT2D eigenvalue weighted by Gasteiger charge is 2.27. The average Bonchev–Trinajstić information content (AvgIpc) is 3.03. The molecule has 0 saturated carbocycles. The number of hydrogen-bond donors (Lipinski definition) is 2. The minimum Gasteiger partial charge on any atom is -0.496 e. The van der Waals surface area contributed by atoms with E-state index < -0.39 is 34.4 Å². The molecule has 0 aliphatic rings. The van der Waals surface area contributed by atoms with Gasteiger partial charge in [0.25, 0.3) is 15.9 Å². The number of hydrogen-bond acceptors (Lipinski definition) is 6. The van der Waals surface area contributed by atoms with Crippen molar-refractivity contribution >= 4 is 39.1 Å². The standard InChI is InChI=1S/C32H31ClFN3O6S/c1-22(32(39)35-19-24-5-3-4-6-30(24)42-2)37(20-23-7-9-25(33)10-8-23)31(38)21-43-28-15-17-29(18-16-28)44(40,41)36-27-13-11-26(34)12-14-27/h3-18,22,36H,19-21H2,1-2H3,(H,35,39)/t22-/m1/s1. The van der Waals surface area contributed by atoms with Crippen molar-refractivity contribution in [2.24, 2.45) is 0 Å². The molecule has 1 atom stereocenters. The maximum absolute atomic E-state index is 13.4. The van der Waals surface area contributed by atoms with Crippen LogP contribution in [-0.4, -0.2) is 44.9 Å². The van der Waals surface area contributed by atoms with Gasteiger partial charge in [0.1, 0.15) is 23.4 Å². The minimum absolute atomic E-state index is 0.0507. The van der Waals surface area contributed by atoms with E-state index in [9.17, 15) is 22.4 Å². The number of carbonyl (C=O) groups excluding carboxylic acids is 2. The van der Waals surface area contributed by atoms with Crippen molar-refractivity contribution < 1.29 is 31.9 Å². The van der Waals surface area contributed by atoms with Crippen LogP contribution in [0.5, 0.6) is 11.5 Å². The first-order valence-corrected chi connectivity index (χ1v) is 15.4. The zero-order valence-corrected chi connectivity index (χ0v) is 25.6. The number of ether oxygens (including phenoxy) is 2. The highest BCUT2D eigenvalue weighted by atomic mass is 35.5. The first-order valence-electron chi connectivity index (χ1n) is 13.5. The Balaban J connectivity index is 1.42. The Morgan fingerprint density at radius 3 is 2.25 bits per heavy atom. The lowest BCUT2D eigenvalue weighted by Gasteiger charge is -2.29. The number of halogens is 2. The van der Waals surface area contributed by atoms with E-state index >= 15 is 0 Å². The Labute approximate surface area is 260 Å². The fourth-order valence-electron chi connectivity index (χ4n) is 4.22. The van der Waals surface area contributed by atoms with Crippen LogP contribution in [0.3, 0.4) is 0 Å². The second-order valence-corrected chi connectivity index (χ2v) is 11.8. The number of sulfonamides is 1. The molecule has 0 unspecified atom stereocenters. The van der Waals surface area contributed by atoms with Crippen LogP contribution in [0.1, 0.15) is 18.1 Å². The topological polar surface area (TPSA) is 114 Å². The van der Waals surface area contributed by atoms with Crippen molar-refractivity contribution in [2.45, 2.75) is 31.0 Å². The summed E-state index contributed by atoms with van der Waals surface area (Å²) in [6.45, 7) is 1.55. The van der Waals surface area contributed by atoms with Crippen molar-refractivity contribution in [3.8, 4) is 11.5 Å². The van der Waals surface area contributed by atoms with Gasteiger partial charge in [-0.15, -0.1) is 0 Å². The number of carbonyl (C=O) groups is 2. The van der Waals surface area contributed by atoms with Crippen molar-refractivity contribution in [1.29, 1.82) is 0 Å². The van der Waals surface area contributed by atoms with Crippen LogP contribution in [0.4, 0.5) is 10.1 Å². The van der Waals surface area contributed by atoms with Crippen molar-refractivity contribution in [1.82, 2.24) is 10.2 Å². The smallest absolute Gasteiger partial charge is 0.261 e.